The summed E-state index contributed by atoms with van der Waals surface area (Å²) in [6.45, 7) is 5.07. The number of phosphoric ester groups is 2. The van der Waals surface area contributed by atoms with Crippen molar-refractivity contribution in [2.24, 2.45) is 0 Å². The van der Waals surface area contributed by atoms with Crippen LogP contribution in [0.4, 0.5) is 0 Å². The average Bonchev–Trinajstić information content (AvgIpc) is 0.900. The summed E-state index contributed by atoms with van der Waals surface area (Å²) in [5.41, 5.74) is 0. The molecule has 5 atom stereocenters. The Labute approximate surface area is 664 Å². The van der Waals surface area contributed by atoms with Crippen molar-refractivity contribution in [2.45, 2.75) is 508 Å². The molecule has 0 bridgehead atoms. The first-order chi connectivity index (χ1) is 52.7. The van der Waals surface area contributed by atoms with E-state index in [0.717, 1.165) is 89.9 Å². The van der Waals surface area contributed by atoms with Crippen molar-refractivity contribution in [1.82, 2.24) is 0 Å². The van der Waals surface area contributed by atoms with Gasteiger partial charge in [0.05, 0.1) is 26.4 Å². The zero-order valence-electron chi connectivity index (χ0n) is 70.8. The molecule has 0 radical (unpaired) electrons. The van der Waals surface area contributed by atoms with E-state index in [1.807, 2.05) is 0 Å². The van der Waals surface area contributed by atoms with Crippen LogP contribution in [0.5, 0.6) is 0 Å². The third-order valence-electron chi connectivity index (χ3n) is 21.1. The number of rotatable bonds is 90. The number of hydrogen-bond donors (Lipinski definition) is 3. The van der Waals surface area contributed by atoms with Crippen LogP contribution >= 0.6 is 15.6 Å². The number of aliphatic hydroxyl groups is 1. The fourth-order valence-electron chi connectivity index (χ4n) is 14.1. The van der Waals surface area contributed by atoms with Gasteiger partial charge in [0.25, 0.3) is 0 Å². The van der Waals surface area contributed by atoms with Crippen LogP contribution in [0.25, 0.3) is 0 Å². The lowest BCUT2D eigenvalue weighted by molar-refractivity contribution is -0.161. The number of esters is 4. The molecule has 0 aromatic heterocycles. The van der Waals surface area contributed by atoms with Gasteiger partial charge in [0.1, 0.15) is 19.3 Å². The molecule has 0 aromatic rings. The Balaban J connectivity index is 5.23. The highest BCUT2D eigenvalue weighted by Crippen LogP contribution is 2.45. The third kappa shape index (κ3) is 82.1. The molecule has 0 saturated heterocycles. The van der Waals surface area contributed by atoms with Crippen molar-refractivity contribution in [3.05, 3.63) is 0 Å². The van der Waals surface area contributed by atoms with Gasteiger partial charge in [0, 0.05) is 25.7 Å². The Morgan fingerprint density at radius 3 is 0.546 bits per heavy atom. The van der Waals surface area contributed by atoms with Gasteiger partial charge >= 0.3 is 39.5 Å². The molecule has 2 unspecified atom stereocenters. The number of unbranched alkanes of at least 4 members (excludes halogenated alkanes) is 64. The second kappa shape index (κ2) is 83.0. The molecule has 642 valence electrons. The van der Waals surface area contributed by atoms with Crippen LogP contribution in [0, 0.1) is 0 Å². The van der Waals surface area contributed by atoms with E-state index >= 15 is 0 Å². The minimum atomic E-state index is -4.97. The second-order valence-electron chi connectivity index (χ2n) is 32.0. The van der Waals surface area contributed by atoms with E-state index < -0.39 is 97.5 Å². The van der Waals surface area contributed by atoms with Crippen molar-refractivity contribution in [3.8, 4) is 0 Å². The van der Waals surface area contributed by atoms with E-state index in [4.69, 9.17) is 37.0 Å². The maximum Gasteiger partial charge on any atom is 0.472 e. The monoisotopic (exact) mass is 1580 g/mol. The fraction of sp³-hybridized carbons (Fsp3) is 0.955. The van der Waals surface area contributed by atoms with E-state index in [-0.39, 0.29) is 25.7 Å². The predicted octanol–water partition coefficient (Wildman–Crippen LogP) is 27.7. The van der Waals surface area contributed by atoms with E-state index in [1.54, 1.807) is 0 Å². The number of carbonyl (C=O) groups excluding carboxylic acids is 4. The summed E-state index contributed by atoms with van der Waals surface area (Å²) < 4.78 is 69.0. The molecular formula is C89H174O17P2. The molecule has 0 aliphatic heterocycles. The van der Waals surface area contributed by atoms with Gasteiger partial charge in [-0.05, 0) is 25.7 Å². The van der Waals surface area contributed by atoms with Gasteiger partial charge in [0.2, 0.25) is 0 Å². The van der Waals surface area contributed by atoms with Crippen LogP contribution in [-0.2, 0) is 65.4 Å². The summed E-state index contributed by atoms with van der Waals surface area (Å²) in [4.78, 5) is 73.3. The molecule has 0 aliphatic rings. The summed E-state index contributed by atoms with van der Waals surface area (Å²) in [7, 11) is -9.93. The second-order valence-corrected chi connectivity index (χ2v) is 34.9. The molecule has 19 heteroatoms. The average molecular weight is 1580 g/mol. The summed E-state index contributed by atoms with van der Waals surface area (Å²) in [6.07, 6.45) is 79.2. The Morgan fingerprint density at radius 1 is 0.222 bits per heavy atom. The number of hydrogen-bond acceptors (Lipinski definition) is 15. The number of aliphatic hydroxyl groups excluding tert-OH is 1. The van der Waals surface area contributed by atoms with Gasteiger partial charge in [-0.1, -0.05) is 439 Å². The van der Waals surface area contributed by atoms with Crippen LogP contribution in [0.1, 0.15) is 490 Å². The first-order valence-electron chi connectivity index (χ1n) is 46.3. The van der Waals surface area contributed by atoms with Crippen LogP contribution < -0.4 is 0 Å². The van der Waals surface area contributed by atoms with Gasteiger partial charge in [0.15, 0.2) is 12.2 Å². The zero-order chi connectivity index (χ0) is 78.9. The minimum Gasteiger partial charge on any atom is -0.462 e. The normalized spacial score (nSPS) is 13.7. The van der Waals surface area contributed by atoms with E-state index in [2.05, 4.69) is 27.7 Å². The number of ether oxygens (including phenoxy) is 4. The Bertz CT molecular complexity index is 2030. The first kappa shape index (κ1) is 106. The molecule has 0 fully saturated rings. The van der Waals surface area contributed by atoms with E-state index in [0.29, 0.717) is 25.7 Å². The summed E-state index contributed by atoms with van der Waals surface area (Å²) in [6, 6.07) is 0. The van der Waals surface area contributed by atoms with Crippen molar-refractivity contribution in [1.29, 1.82) is 0 Å². The Morgan fingerprint density at radius 2 is 0.370 bits per heavy atom. The highest BCUT2D eigenvalue weighted by atomic mass is 31.2. The highest BCUT2D eigenvalue weighted by Gasteiger charge is 2.30. The lowest BCUT2D eigenvalue weighted by atomic mass is 10.0. The molecule has 0 heterocycles. The van der Waals surface area contributed by atoms with Gasteiger partial charge < -0.3 is 33.8 Å². The molecule has 3 N–H and O–H groups in total. The van der Waals surface area contributed by atoms with Gasteiger partial charge in [-0.2, -0.15) is 0 Å². The smallest absolute Gasteiger partial charge is 0.462 e. The van der Waals surface area contributed by atoms with Crippen molar-refractivity contribution < 1.29 is 80.2 Å². The minimum absolute atomic E-state index is 0.109. The number of phosphoric acid groups is 2. The van der Waals surface area contributed by atoms with Crippen molar-refractivity contribution >= 4 is 39.5 Å². The largest absolute Gasteiger partial charge is 0.472 e. The van der Waals surface area contributed by atoms with Crippen molar-refractivity contribution in [3.63, 3.8) is 0 Å². The maximum atomic E-state index is 13.2. The van der Waals surface area contributed by atoms with Crippen LogP contribution in [-0.4, -0.2) is 96.7 Å². The Kier molecular flexibility index (Phi) is 81.5. The third-order valence-corrected chi connectivity index (χ3v) is 23.0. The summed E-state index contributed by atoms with van der Waals surface area (Å²) in [5, 5.41) is 10.7. The molecule has 0 saturated carbocycles. The quantitative estimate of drug-likeness (QED) is 0.0222. The van der Waals surface area contributed by atoms with Crippen molar-refractivity contribution in [2.75, 3.05) is 39.6 Å². The van der Waals surface area contributed by atoms with Gasteiger partial charge in [-0.15, -0.1) is 0 Å². The van der Waals surface area contributed by atoms with E-state index in [9.17, 15) is 43.2 Å². The topological polar surface area (TPSA) is 237 Å². The SMILES string of the molecule is CCCCCCCCCCCCCCCCCCCCCCCC(=O)O[C@H](COC(=O)CCCCCCCCCCCCCCCCCCCCCC)COP(=O)(O)OC[C@@H](O)COP(=O)(O)OC[C@@H](COC(=O)CCCCCCCCCCCCC)OC(=O)CCCCCCCCCCCCCCCCCC. The molecular weight excluding hydrogens is 1400 g/mol. The molecule has 0 spiro atoms. The van der Waals surface area contributed by atoms with E-state index in [1.165, 1.54) is 321 Å². The molecule has 17 nitrogen and oxygen atoms in total. The zero-order valence-corrected chi connectivity index (χ0v) is 72.6. The standard InChI is InChI=1S/C89H174O17P2/c1-5-9-13-17-21-25-29-32-35-38-40-42-44-46-49-52-56-60-64-68-72-76-89(94)106-85(80-100-87(92)74-70-66-62-58-54-50-48-45-43-41-39-36-33-30-26-22-18-14-10-6-2)82-104-108(97,98)102-78-83(90)77-101-107(95,96)103-81-84(79-99-86(91)73-69-65-61-57-53-28-24-20-16-12-8-4)105-88(93)75-71-67-63-59-55-51-47-37-34-31-27-23-19-15-11-7-3/h83-85,90H,5-82H2,1-4H3,(H,95,96)(H,97,98)/t83-,84+,85+/m0/s1. The molecule has 0 amide bonds. The lowest BCUT2D eigenvalue weighted by Gasteiger charge is -2.21. The first-order valence-corrected chi connectivity index (χ1v) is 49.3. The molecule has 0 rings (SSSR count). The number of carbonyl (C=O) groups is 4. The van der Waals surface area contributed by atoms with Gasteiger partial charge in [-0.25, -0.2) is 9.13 Å². The Hall–Kier alpha value is -1.94. The summed E-state index contributed by atoms with van der Waals surface area (Å²) >= 11 is 0. The predicted molar refractivity (Wildman–Crippen MR) is 446 cm³/mol. The lowest BCUT2D eigenvalue weighted by Crippen LogP contribution is -2.30. The maximum absolute atomic E-state index is 13.2. The molecule has 0 aliphatic carbocycles. The highest BCUT2D eigenvalue weighted by molar-refractivity contribution is 7.47. The molecule has 108 heavy (non-hydrogen) atoms. The fourth-order valence-corrected chi connectivity index (χ4v) is 15.6. The van der Waals surface area contributed by atoms with Gasteiger partial charge in [-0.3, -0.25) is 37.3 Å². The van der Waals surface area contributed by atoms with Crippen LogP contribution in [0.3, 0.4) is 0 Å². The van der Waals surface area contributed by atoms with Crippen LogP contribution in [0.2, 0.25) is 0 Å². The van der Waals surface area contributed by atoms with Crippen LogP contribution in [0.15, 0.2) is 0 Å². The summed E-state index contributed by atoms with van der Waals surface area (Å²) in [5.74, 6) is -2.09. The molecule has 0 aromatic carbocycles.